The molecular formula is C15H23ClN4O2. The average Bonchev–Trinajstić information content (AvgIpc) is 2.39. The highest BCUT2D eigenvalue weighted by atomic mass is 35.5. The van der Waals surface area contributed by atoms with Crippen molar-refractivity contribution in [3.05, 3.63) is 24.3 Å². The number of carbonyl (C=O) groups excluding carboxylic acids is 1. The van der Waals surface area contributed by atoms with E-state index < -0.39 is 0 Å². The third-order valence-electron chi connectivity index (χ3n) is 3.12. The number of carbonyl (C=O) groups is 1. The summed E-state index contributed by atoms with van der Waals surface area (Å²) in [7, 11) is 0. The Hall–Kier alpha value is -1.50. The van der Waals surface area contributed by atoms with E-state index in [0.29, 0.717) is 5.69 Å². The number of amides is 2. The summed E-state index contributed by atoms with van der Waals surface area (Å²) < 4.78 is 5.56. The van der Waals surface area contributed by atoms with E-state index in [1.807, 2.05) is 32.9 Å². The lowest BCUT2D eigenvalue weighted by Gasteiger charge is -2.33. The topological polar surface area (TPSA) is 74.4 Å². The molecule has 1 fully saturated rings. The van der Waals surface area contributed by atoms with Crippen molar-refractivity contribution >= 4 is 23.3 Å². The van der Waals surface area contributed by atoms with Gasteiger partial charge in [0.2, 0.25) is 0 Å². The van der Waals surface area contributed by atoms with Gasteiger partial charge in [-0.25, -0.2) is 4.79 Å². The van der Waals surface area contributed by atoms with Gasteiger partial charge >= 0.3 is 6.03 Å². The summed E-state index contributed by atoms with van der Waals surface area (Å²) in [6.07, 6.45) is 0.574. The SMILES string of the molecule is CC1CC(Cl)NC(NC(=O)Nc2ccc(OC(C)C)cc2)N1. The van der Waals surface area contributed by atoms with Crippen molar-refractivity contribution in [2.24, 2.45) is 0 Å². The number of hydrogen-bond donors (Lipinski definition) is 4. The van der Waals surface area contributed by atoms with Crippen LogP contribution in [0.1, 0.15) is 27.2 Å². The lowest BCUT2D eigenvalue weighted by atomic mass is 10.2. The highest BCUT2D eigenvalue weighted by molar-refractivity contribution is 6.20. The molecule has 0 saturated carbocycles. The minimum Gasteiger partial charge on any atom is -0.491 e. The van der Waals surface area contributed by atoms with Gasteiger partial charge in [-0.05, 0) is 51.5 Å². The summed E-state index contributed by atoms with van der Waals surface area (Å²) >= 11 is 6.07. The second-order valence-electron chi connectivity index (χ2n) is 5.66. The van der Waals surface area contributed by atoms with Gasteiger partial charge in [0.15, 0.2) is 0 Å². The largest absolute Gasteiger partial charge is 0.491 e. The van der Waals surface area contributed by atoms with Crippen LogP contribution >= 0.6 is 11.6 Å². The lowest BCUT2D eigenvalue weighted by Crippen LogP contribution is -2.63. The van der Waals surface area contributed by atoms with Crippen molar-refractivity contribution in [2.45, 2.75) is 51.1 Å². The molecule has 0 bridgehead atoms. The summed E-state index contributed by atoms with van der Waals surface area (Å²) in [5.41, 5.74) is 0.536. The number of rotatable bonds is 4. The van der Waals surface area contributed by atoms with Crippen LogP contribution in [0.2, 0.25) is 0 Å². The molecule has 6 nitrogen and oxygen atoms in total. The van der Waals surface area contributed by atoms with Gasteiger partial charge in [0.1, 0.15) is 12.0 Å². The van der Waals surface area contributed by atoms with E-state index in [0.717, 1.165) is 12.2 Å². The molecule has 1 aromatic carbocycles. The van der Waals surface area contributed by atoms with Gasteiger partial charge in [-0.3, -0.25) is 10.6 Å². The van der Waals surface area contributed by atoms with E-state index in [1.54, 1.807) is 12.1 Å². The van der Waals surface area contributed by atoms with E-state index in [9.17, 15) is 4.79 Å². The highest BCUT2D eigenvalue weighted by Gasteiger charge is 2.24. The highest BCUT2D eigenvalue weighted by Crippen LogP contribution is 2.17. The molecule has 122 valence electrons. The number of hydrogen-bond acceptors (Lipinski definition) is 4. The Morgan fingerprint density at radius 1 is 1.32 bits per heavy atom. The molecule has 1 saturated heterocycles. The number of anilines is 1. The first-order valence-electron chi connectivity index (χ1n) is 7.43. The first-order chi connectivity index (χ1) is 10.4. The number of alkyl halides is 1. The van der Waals surface area contributed by atoms with Crippen LogP contribution in [0.3, 0.4) is 0 Å². The predicted molar refractivity (Wildman–Crippen MR) is 88.1 cm³/mol. The van der Waals surface area contributed by atoms with Gasteiger partial charge in [0.05, 0.1) is 11.6 Å². The maximum Gasteiger partial charge on any atom is 0.321 e. The standard InChI is InChI=1S/C15H23ClN4O2/c1-9(2)22-12-6-4-11(5-7-12)18-15(21)20-14-17-10(3)8-13(16)19-14/h4-7,9-10,13-14,17,19H,8H2,1-3H3,(H2,18,20,21). The molecule has 22 heavy (non-hydrogen) atoms. The van der Waals surface area contributed by atoms with Gasteiger partial charge in [-0.15, -0.1) is 11.6 Å². The normalized spacial score (nSPS) is 24.9. The van der Waals surface area contributed by atoms with Gasteiger partial charge in [-0.1, -0.05) is 0 Å². The molecule has 0 radical (unpaired) electrons. The molecule has 4 N–H and O–H groups in total. The van der Waals surface area contributed by atoms with E-state index >= 15 is 0 Å². The van der Waals surface area contributed by atoms with Crippen LogP contribution in [0.5, 0.6) is 5.75 Å². The third kappa shape index (κ3) is 5.36. The second kappa shape index (κ2) is 7.67. The molecule has 0 aliphatic carbocycles. The molecule has 2 rings (SSSR count). The molecule has 0 aromatic heterocycles. The van der Waals surface area contributed by atoms with Gasteiger partial charge in [0, 0.05) is 11.7 Å². The molecule has 1 aromatic rings. The van der Waals surface area contributed by atoms with E-state index in [1.165, 1.54) is 0 Å². The fourth-order valence-corrected chi connectivity index (χ4v) is 2.62. The monoisotopic (exact) mass is 326 g/mol. The van der Waals surface area contributed by atoms with Crippen LogP contribution in [0.25, 0.3) is 0 Å². The van der Waals surface area contributed by atoms with Gasteiger partial charge < -0.3 is 15.4 Å². The quantitative estimate of drug-likeness (QED) is 0.506. The van der Waals surface area contributed by atoms with Crippen LogP contribution in [-0.2, 0) is 0 Å². The van der Waals surface area contributed by atoms with Crippen LogP contribution in [0.15, 0.2) is 24.3 Å². The van der Waals surface area contributed by atoms with Crippen LogP contribution in [0.4, 0.5) is 10.5 Å². The van der Waals surface area contributed by atoms with Crippen LogP contribution < -0.4 is 26.0 Å². The van der Waals surface area contributed by atoms with Gasteiger partial charge in [0.25, 0.3) is 0 Å². The van der Waals surface area contributed by atoms with E-state index in [2.05, 4.69) is 21.3 Å². The first kappa shape index (κ1) is 16.9. The predicted octanol–water partition coefficient (Wildman–Crippen LogP) is 2.42. The molecule has 1 aliphatic rings. The molecule has 7 heteroatoms. The summed E-state index contributed by atoms with van der Waals surface area (Å²) in [6.45, 7) is 5.96. The lowest BCUT2D eigenvalue weighted by molar-refractivity contribution is 0.225. The Bertz CT molecular complexity index is 485. The molecule has 2 amide bonds. The summed E-state index contributed by atoms with van der Waals surface area (Å²) in [5.74, 6) is 0.773. The number of nitrogens with one attached hydrogen (secondary N) is 4. The molecule has 3 unspecified atom stereocenters. The Morgan fingerprint density at radius 3 is 2.59 bits per heavy atom. The maximum atomic E-state index is 12.0. The smallest absolute Gasteiger partial charge is 0.321 e. The minimum atomic E-state index is -0.352. The number of benzene rings is 1. The zero-order valence-electron chi connectivity index (χ0n) is 13.0. The van der Waals surface area contributed by atoms with Crippen molar-refractivity contribution in [3.63, 3.8) is 0 Å². The van der Waals surface area contributed by atoms with Crippen molar-refractivity contribution in [1.29, 1.82) is 0 Å². The Labute approximate surface area is 135 Å². The minimum absolute atomic E-state index is 0.121. The van der Waals surface area contributed by atoms with Crippen molar-refractivity contribution in [2.75, 3.05) is 5.32 Å². The third-order valence-corrected chi connectivity index (χ3v) is 3.42. The average molecular weight is 327 g/mol. The van der Waals surface area contributed by atoms with Crippen molar-refractivity contribution in [3.8, 4) is 5.75 Å². The first-order valence-corrected chi connectivity index (χ1v) is 7.86. The van der Waals surface area contributed by atoms with Crippen LogP contribution in [0, 0.1) is 0 Å². The maximum absolute atomic E-state index is 12.0. The Morgan fingerprint density at radius 2 is 2.00 bits per heavy atom. The van der Waals surface area contributed by atoms with Crippen molar-refractivity contribution < 1.29 is 9.53 Å². The van der Waals surface area contributed by atoms with E-state index in [4.69, 9.17) is 16.3 Å². The fraction of sp³-hybridized carbons (Fsp3) is 0.533. The molecule has 0 spiro atoms. The van der Waals surface area contributed by atoms with Crippen LogP contribution in [-0.4, -0.2) is 30.0 Å². The van der Waals surface area contributed by atoms with E-state index in [-0.39, 0.29) is 30.0 Å². The molecule has 1 aliphatic heterocycles. The molecule has 1 heterocycles. The molecule has 3 atom stereocenters. The van der Waals surface area contributed by atoms with Crippen molar-refractivity contribution in [1.82, 2.24) is 16.0 Å². The van der Waals surface area contributed by atoms with Gasteiger partial charge in [-0.2, -0.15) is 0 Å². The summed E-state index contributed by atoms with van der Waals surface area (Å²) in [6, 6.07) is 7.17. The summed E-state index contributed by atoms with van der Waals surface area (Å²) in [5, 5.41) is 11.8. The second-order valence-corrected chi connectivity index (χ2v) is 6.19. The zero-order valence-corrected chi connectivity index (χ0v) is 13.8. The number of ether oxygens (including phenoxy) is 1. The fourth-order valence-electron chi connectivity index (χ4n) is 2.23. The zero-order chi connectivity index (χ0) is 16.1. The number of urea groups is 1. The molecular weight excluding hydrogens is 304 g/mol. The Kier molecular flexibility index (Phi) is 5.88. The summed E-state index contributed by atoms with van der Waals surface area (Å²) in [4.78, 5) is 12.0. The Balaban J connectivity index is 1.84. The number of halogens is 1.